The molecule has 41 heavy (non-hydrogen) atoms. The van der Waals surface area contributed by atoms with Crippen LogP contribution in [0.5, 0.6) is 0 Å². The summed E-state index contributed by atoms with van der Waals surface area (Å²) in [5.74, 6) is -0.444. The van der Waals surface area contributed by atoms with Gasteiger partial charge in [0.1, 0.15) is 0 Å². The van der Waals surface area contributed by atoms with E-state index < -0.39 is 12.0 Å². The molecule has 2 amide bonds. The minimum absolute atomic E-state index is 0.291. The van der Waals surface area contributed by atoms with Crippen LogP contribution in [0.25, 0.3) is 11.0 Å². The number of benzene rings is 2. The average Bonchev–Trinajstić information content (AvgIpc) is 3.27. The van der Waals surface area contributed by atoms with Crippen LogP contribution in [-0.2, 0) is 17.8 Å². The molecule has 0 atom stereocenters. The van der Waals surface area contributed by atoms with E-state index in [0.29, 0.717) is 46.6 Å². The largest absolute Gasteiger partial charge is 0.462 e. The number of halogens is 2. The van der Waals surface area contributed by atoms with Gasteiger partial charge in [-0.15, -0.1) is 5.10 Å². The van der Waals surface area contributed by atoms with Crippen molar-refractivity contribution in [1.82, 2.24) is 14.6 Å². The molecule has 224 valence electrons. The maximum atomic E-state index is 12.7. The number of rotatable bonds is 16. The van der Waals surface area contributed by atoms with Crippen LogP contribution in [0.15, 0.2) is 41.5 Å². The molecule has 2 N–H and O–H groups in total. The summed E-state index contributed by atoms with van der Waals surface area (Å²) >= 11 is 12.5. The quantitative estimate of drug-likeness (QED) is 0.0976. The number of aromatic nitrogens is 2. The minimum Gasteiger partial charge on any atom is -0.462 e. The third-order valence-electron chi connectivity index (χ3n) is 7.07. The molecule has 3 aromatic rings. The molecule has 3 rings (SSSR count). The fraction of sp³-hybridized carbons (Fsp3) is 0.516. The summed E-state index contributed by atoms with van der Waals surface area (Å²) in [6, 6.07) is 9.73. The van der Waals surface area contributed by atoms with Crippen molar-refractivity contribution in [2.24, 2.45) is 5.10 Å². The molecule has 0 aliphatic heterocycles. The van der Waals surface area contributed by atoms with Gasteiger partial charge in [0, 0.05) is 18.1 Å². The maximum absolute atomic E-state index is 12.7. The molecular formula is C31H43Cl2N5O3. The topological polar surface area (TPSA) is 89.7 Å². The van der Waals surface area contributed by atoms with Gasteiger partial charge in [-0.1, -0.05) is 87.9 Å². The lowest BCUT2D eigenvalue weighted by atomic mass is 10.1. The minimum atomic E-state index is -0.587. The molecule has 1 aromatic heterocycles. The Balaban J connectivity index is 1.53. The number of urea groups is 1. The number of carbonyl (C=O) groups excluding carboxylic acids is 2. The van der Waals surface area contributed by atoms with Crippen molar-refractivity contribution in [3.05, 3.63) is 57.6 Å². The van der Waals surface area contributed by atoms with Gasteiger partial charge in [0.2, 0.25) is 5.62 Å². The summed E-state index contributed by atoms with van der Waals surface area (Å²) in [4.78, 5) is 25.3. The molecule has 1 heterocycles. The van der Waals surface area contributed by atoms with Gasteiger partial charge in [-0.3, -0.25) is 0 Å². The van der Waals surface area contributed by atoms with Crippen LogP contribution in [0.4, 0.5) is 10.5 Å². The zero-order chi connectivity index (χ0) is 29.6. The van der Waals surface area contributed by atoms with Crippen molar-refractivity contribution in [3.63, 3.8) is 0 Å². The van der Waals surface area contributed by atoms with Crippen molar-refractivity contribution >= 4 is 51.9 Å². The Labute approximate surface area is 253 Å². The number of aryl methyl sites for hydroxylation is 2. The highest BCUT2D eigenvalue weighted by molar-refractivity contribution is 6.33. The number of carbonyl (C=O) groups is 2. The molecule has 10 heteroatoms. The van der Waals surface area contributed by atoms with Gasteiger partial charge in [-0.05, 0) is 56.7 Å². The van der Waals surface area contributed by atoms with E-state index in [1.165, 1.54) is 51.0 Å². The Morgan fingerprint density at radius 3 is 2.10 bits per heavy atom. The van der Waals surface area contributed by atoms with E-state index >= 15 is 0 Å². The number of hydrogen-bond donors (Lipinski definition) is 2. The molecule has 2 aromatic carbocycles. The lowest BCUT2D eigenvalue weighted by Crippen LogP contribution is -2.32. The molecule has 0 bridgehead atoms. The lowest BCUT2D eigenvalue weighted by Gasteiger charge is -2.10. The monoisotopic (exact) mass is 603 g/mol. The molecule has 0 fully saturated rings. The van der Waals surface area contributed by atoms with E-state index in [4.69, 9.17) is 27.9 Å². The first-order valence-electron chi connectivity index (χ1n) is 14.9. The fourth-order valence-electron chi connectivity index (χ4n) is 4.88. The second-order valence-electron chi connectivity index (χ2n) is 10.1. The van der Waals surface area contributed by atoms with Gasteiger partial charge in [0.15, 0.2) is 0 Å². The van der Waals surface area contributed by atoms with E-state index in [1.807, 2.05) is 41.2 Å². The highest BCUT2D eigenvalue weighted by Crippen LogP contribution is 2.24. The number of amides is 2. The summed E-state index contributed by atoms with van der Waals surface area (Å²) in [6.07, 6.45) is 12.1. The number of fused-ring (bicyclic) bond motifs is 1. The molecular weight excluding hydrogens is 561 g/mol. The third-order valence-corrected chi connectivity index (χ3v) is 7.64. The highest BCUT2D eigenvalue weighted by Gasteiger charge is 2.14. The predicted octanol–water partition coefficient (Wildman–Crippen LogP) is 8.50. The Kier molecular flexibility index (Phi) is 13.6. The summed E-state index contributed by atoms with van der Waals surface area (Å²) < 4.78 is 9.42. The number of anilines is 1. The first-order chi connectivity index (χ1) is 19.9. The van der Waals surface area contributed by atoms with E-state index in [1.54, 1.807) is 12.1 Å². The molecule has 8 nitrogen and oxygen atoms in total. The van der Waals surface area contributed by atoms with Gasteiger partial charge in [-0.25, -0.2) is 15.0 Å². The van der Waals surface area contributed by atoms with Crippen molar-refractivity contribution in [2.45, 2.75) is 98.1 Å². The Morgan fingerprint density at radius 1 is 0.805 bits per heavy atom. The highest BCUT2D eigenvalue weighted by atomic mass is 35.5. The van der Waals surface area contributed by atoms with Crippen LogP contribution in [0.3, 0.4) is 0 Å². The number of nitrogens with one attached hydrogen (secondary N) is 2. The number of unbranched alkanes of at least 4 members (excludes halogenated alkanes) is 9. The molecule has 0 aliphatic rings. The van der Waals surface area contributed by atoms with Crippen LogP contribution >= 0.6 is 23.2 Å². The second-order valence-corrected chi connectivity index (χ2v) is 11.0. The van der Waals surface area contributed by atoms with E-state index in [0.717, 1.165) is 30.3 Å². The van der Waals surface area contributed by atoms with Gasteiger partial charge >= 0.3 is 12.0 Å². The normalized spacial score (nSPS) is 11.7. The van der Waals surface area contributed by atoms with Crippen molar-refractivity contribution in [1.29, 1.82) is 0 Å². The summed E-state index contributed by atoms with van der Waals surface area (Å²) in [7, 11) is 0. The number of imidazole rings is 1. The van der Waals surface area contributed by atoms with E-state index in [2.05, 4.69) is 22.8 Å². The number of hydrogen-bond acceptors (Lipinski definition) is 4. The molecule has 0 aliphatic carbocycles. The standard InChI is InChI=1S/C31H43Cl2N5O3/c1-4-7-8-9-10-11-12-13-14-15-20-41-29(39)23-16-18-25(33)26(21-23)34-30(40)35-36-31-37(5-2)27-19-17-24(32)22-28(27)38(31)6-3/h16-19,21-22H,4-15,20H2,1-3H3,(H2,34,35,40)/b36-31-. The first kappa shape index (κ1) is 32.5. The molecule has 0 saturated heterocycles. The molecule has 0 unspecified atom stereocenters. The third kappa shape index (κ3) is 9.54. The van der Waals surface area contributed by atoms with Gasteiger partial charge in [-0.2, -0.15) is 0 Å². The fourth-order valence-corrected chi connectivity index (χ4v) is 5.21. The maximum Gasteiger partial charge on any atom is 0.339 e. The van der Waals surface area contributed by atoms with E-state index in [9.17, 15) is 9.59 Å². The van der Waals surface area contributed by atoms with Crippen LogP contribution in [0, 0.1) is 0 Å². The number of nitrogens with zero attached hydrogens (tertiary/aromatic N) is 3. The Hall–Kier alpha value is -2.97. The van der Waals surface area contributed by atoms with Crippen molar-refractivity contribution in [3.8, 4) is 0 Å². The predicted molar refractivity (Wildman–Crippen MR) is 168 cm³/mol. The van der Waals surface area contributed by atoms with Crippen molar-refractivity contribution < 1.29 is 14.3 Å². The van der Waals surface area contributed by atoms with Crippen molar-refractivity contribution in [2.75, 3.05) is 11.9 Å². The van der Waals surface area contributed by atoms with Gasteiger partial charge in [0.05, 0.1) is 33.9 Å². The number of ether oxygens (including phenoxy) is 1. The Bertz CT molecular complexity index is 1370. The summed E-state index contributed by atoms with van der Waals surface area (Å²) in [6.45, 7) is 7.91. The SMILES string of the molecule is CCCCCCCCCCCCOC(=O)c1ccc(Cl)c(NC(=O)N/N=c2/n(CC)c3ccc(Cl)cc3n2CC)c1. The van der Waals surface area contributed by atoms with Crippen LogP contribution < -0.4 is 16.4 Å². The van der Waals surface area contributed by atoms with Crippen LogP contribution in [-0.4, -0.2) is 27.7 Å². The molecule has 0 saturated carbocycles. The Morgan fingerprint density at radius 2 is 1.44 bits per heavy atom. The molecule has 0 spiro atoms. The zero-order valence-electron chi connectivity index (χ0n) is 24.5. The summed E-state index contributed by atoms with van der Waals surface area (Å²) in [5, 5.41) is 7.98. The van der Waals surface area contributed by atoms with E-state index in [-0.39, 0.29) is 0 Å². The smallest absolute Gasteiger partial charge is 0.339 e. The van der Waals surface area contributed by atoms with Gasteiger partial charge < -0.3 is 19.2 Å². The van der Waals surface area contributed by atoms with Gasteiger partial charge in [0.25, 0.3) is 0 Å². The average molecular weight is 605 g/mol. The molecule has 0 radical (unpaired) electrons. The van der Waals surface area contributed by atoms with Crippen LogP contribution in [0.1, 0.15) is 95.3 Å². The lowest BCUT2D eigenvalue weighted by molar-refractivity contribution is 0.0497. The van der Waals surface area contributed by atoms with Crippen LogP contribution in [0.2, 0.25) is 10.0 Å². The summed E-state index contributed by atoms with van der Waals surface area (Å²) in [5.41, 5.74) is 5.63. The number of esters is 1. The second kappa shape index (κ2) is 17.1. The first-order valence-corrected chi connectivity index (χ1v) is 15.6. The zero-order valence-corrected chi connectivity index (χ0v) is 26.0.